The number of rotatable bonds is 5. The standard InChI is InChI=1S/C14H13N5O3S/c15-12(20)10-5-8(22-19-10)6-17-13(21)11-7-23-14(18-11)9-3-1-2-4-16-9/h1-4,7-8H,5-6H2,(H2,15,20)(H,17,21)/t8-/m1/s1. The first-order valence-corrected chi connectivity index (χ1v) is 7.69. The van der Waals surface area contributed by atoms with Gasteiger partial charge in [0.15, 0.2) is 6.10 Å². The van der Waals surface area contributed by atoms with Gasteiger partial charge in [-0.3, -0.25) is 14.6 Å². The lowest BCUT2D eigenvalue weighted by atomic mass is 10.2. The Balaban J connectivity index is 1.56. The SMILES string of the molecule is NC(=O)C1=NO[C@@H](CNC(=O)c2csc(-c3ccccn3)n2)C1. The first-order valence-electron chi connectivity index (χ1n) is 6.81. The molecule has 3 N–H and O–H groups in total. The van der Waals surface area contributed by atoms with Gasteiger partial charge in [0.2, 0.25) is 0 Å². The van der Waals surface area contributed by atoms with Crippen molar-refractivity contribution < 1.29 is 14.4 Å². The topological polar surface area (TPSA) is 120 Å². The molecule has 2 aromatic rings. The van der Waals surface area contributed by atoms with Crippen LogP contribution in [0.2, 0.25) is 0 Å². The smallest absolute Gasteiger partial charge is 0.270 e. The third-order valence-corrected chi connectivity index (χ3v) is 3.99. The van der Waals surface area contributed by atoms with Crippen molar-refractivity contribution >= 4 is 28.9 Å². The summed E-state index contributed by atoms with van der Waals surface area (Å²) in [5.74, 6) is -0.933. The maximum Gasteiger partial charge on any atom is 0.270 e. The molecule has 2 amide bonds. The molecule has 2 aromatic heterocycles. The Labute approximate surface area is 135 Å². The maximum absolute atomic E-state index is 12.1. The summed E-state index contributed by atoms with van der Waals surface area (Å²) in [6, 6.07) is 5.50. The second kappa shape index (κ2) is 6.53. The van der Waals surface area contributed by atoms with Crippen molar-refractivity contribution in [3.8, 4) is 10.7 Å². The van der Waals surface area contributed by atoms with E-state index in [1.165, 1.54) is 11.3 Å². The molecule has 3 rings (SSSR count). The molecule has 1 atom stereocenters. The van der Waals surface area contributed by atoms with E-state index in [0.717, 1.165) is 5.69 Å². The minimum Gasteiger partial charge on any atom is -0.390 e. The van der Waals surface area contributed by atoms with Gasteiger partial charge in [-0.05, 0) is 12.1 Å². The molecule has 0 unspecified atom stereocenters. The number of pyridine rings is 1. The quantitative estimate of drug-likeness (QED) is 0.830. The van der Waals surface area contributed by atoms with E-state index >= 15 is 0 Å². The summed E-state index contributed by atoms with van der Waals surface area (Å²) in [5, 5.41) is 8.62. The molecule has 8 nitrogen and oxygen atoms in total. The summed E-state index contributed by atoms with van der Waals surface area (Å²) in [4.78, 5) is 36.5. The van der Waals surface area contributed by atoms with Gasteiger partial charge in [0, 0.05) is 18.0 Å². The minimum atomic E-state index is -0.613. The Morgan fingerprint density at radius 3 is 3.00 bits per heavy atom. The molecule has 0 radical (unpaired) electrons. The normalized spacial score (nSPS) is 16.5. The molecule has 0 aliphatic carbocycles. The molecule has 0 spiro atoms. The number of primary amides is 1. The molecule has 3 heterocycles. The summed E-state index contributed by atoms with van der Waals surface area (Å²) >= 11 is 1.34. The molecular formula is C14H13N5O3S. The maximum atomic E-state index is 12.1. The predicted molar refractivity (Wildman–Crippen MR) is 83.8 cm³/mol. The number of nitrogens with zero attached hydrogens (tertiary/aromatic N) is 3. The van der Waals surface area contributed by atoms with Crippen LogP contribution in [0.1, 0.15) is 16.9 Å². The van der Waals surface area contributed by atoms with Crippen molar-refractivity contribution in [3.05, 3.63) is 35.5 Å². The number of carbonyl (C=O) groups excluding carboxylic acids is 2. The first-order chi connectivity index (χ1) is 11.1. The van der Waals surface area contributed by atoms with Crippen molar-refractivity contribution in [2.45, 2.75) is 12.5 Å². The fraction of sp³-hybridized carbons (Fsp3) is 0.214. The average molecular weight is 331 g/mol. The van der Waals surface area contributed by atoms with Crippen LogP contribution in [0.4, 0.5) is 0 Å². The highest BCUT2D eigenvalue weighted by Crippen LogP contribution is 2.21. The van der Waals surface area contributed by atoms with Gasteiger partial charge >= 0.3 is 0 Å². The van der Waals surface area contributed by atoms with Crippen LogP contribution in [0.25, 0.3) is 10.7 Å². The molecular weight excluding hydrogens is 318 g/mol. The summed E-state index contributed by atoms with van der Waals surface area (Å²) in [6.07, 6.45) is 1.56. The highest BCUT2D eigenvalue weighted by atomic mass is 32.1. The van der Waals surface area contributed by atoms with Gasteiger partial charge in [-0.2, -0.15) is 0 Å². The van der Waals surface area contributed by atoms with Crippen LogP contribution in [-0.4, -0.2) is 40.1 Å². The van der Waals surface area contributed by atoms with Gasteiger partial charge in [-0.25, -0.2) is 4.98 Å². The number of carbonyl (C=O) groups is 2. The van der Waals surface area contributed by atoms with Gasteiger partial charge in [-0.15, -0.1) is 11.3 Å². The summed E-state index contributed by atoms with van der Waals surface area (Å²) in [5.41, 5.74) is 6.32. The largest absolute Gasteiger partial charge is 0.390 e. The van der Waals surface area contributed by atoms with Crippen molar-refractivity contribution in [2.75, 3.05) is 6.54 Å². The van der Waals surface area contributed by atoms with E-state index in [-0.39, 0.29) is 24.6 Å². The van der Waals surface area contributed by atoms with Crippen LogP contribution in [0.3, 0.4) is 0 Å². The van der Waals surface area contributed by atoms with Gasteiger partial charge in [-0.1, -0.05) is 11.2 Å². The van der Waals surface area contributed by atoms with Crippen LogP contribution >= 0.6 is 11.3 Å². The highest BCUT2D eigenvalue weighted by Gasteiger charge is 2.25. The first kappa shape index (κ1) is 15.1. The third kappa shape index (κ3) is 3.51. The van der Waals surface area contributed by atoms with E-state index in [0.29, 0.717) is 10.7 Å². The summed E-state index contributed by atoms with van der Waals surface area (Å²) in [7, 11) is 0. The van der Waals surface area contributed by atoms with E-state index in [1.807, 2.05) is 18.2 Å². The van der Waals surface area contributed by atoms with Crippen molar-refractivity contribution in [3.63, 3.8) is 0 Å². The molecule has 0 fully saturated rings. The molecule has 23 heavy (non-hydrogen) atoms. The monoisotopic (exact) mass is 331 g/mol. The van der Waals surface area contributed by atoms with Gasteiger partial charge in [0.25, 0.3) is 11.8 Å². The van der Waals surface area contributed by atoms with Crippen molar-refractivity contribution in [2.24, 2.45) is 10.9 Å². The Kier molecular flexibility index (Phi) is 4.29. The molecule has 9 heteroatoms. The van der Waals surface area contributed by atoms with Gasteiger partial charge in [0.1, 0.15) is 16.4 Å². The number of hydrogen-bond donors (Lipinski definition) is 2. The fourth-order valence-corrected chi connectivity index (χ4v) is 2.74. The van der Waals surface area contributed by atoms with Crippen LogP contribution in [-0.2, 0) is 9.63 Å². The van der Waals surface area contributed by atoms with Crippen molar-refractivity contribution in [1.82, 2.24) is 15.3 Å². The number of nitrogens with one attached hydrogen (secondary N) is 1. The highest BCUT2D eigenvalue weighted by molar-refractivity contribution is 7.13. The summed E-state index contributed by atoms with van der Waals surface area (Å²) < 4.78 is 0. The number of aromatic nitrogens is 2. The lowest BCUT2D eigenvalue weighted by Crippen LogP contribution is -2.33. The van der Waals surface area contributed by atoms with E-state index in [4.69, 9.17) is 10.6 Å². The zero-order valence-electron chi connectivity index (χ0n) is 11.9. The van der Waals surface area contributed by atoms with E-state index in [9.17, 15) is 9.59 Å². The molecule has 1 aliphatic rings. The molecule has 0 bridgehead atoms. The second-order valence-electron chi connectivity index (χ2n) is 4.80. The Morgan fingerprint density at radius 2 is 2.30 bits per heavy atom. The zero-order valence-corrected chi connectivity index (χ0v) is 12.7. The Morgan fingerprint density at radius 1 is 1.43 bits per heavy atom. The number of thiazole rings is 1. The predicted octanol–water partition coefficient (Wildman–Crippen LogP) is 0.565. The van der Waals surface area contributed by atoms with Crippen molar-refractivity contribution in [1.29, 1.82) is 0 Å². The molecule has 1 aliphatic heterocycles. The number of hydrogen-bond acceptors (Lipinski definition) is 7. The Hall–Kier alpha value is -2.81. The van der Waals surface area contributed by atoms with Crippen LogP contribution in [0.15, 0.2) is 34.9 Å². The van der Waals surface area contributed by atoms with Crippen LogP contribution in [0, 0.1) is 0 Å². The Bertz CT molecular complexity index is 759. The third-order valence-electron chi connectivity index (χ3n) is 3.13. The number of amides is 2. The van der Waals surface area contributed by atoms with Gasteiger partial charge < -0.3 is 15.9 Å². The summed E-state index contributed by atoms with van der Waals surface area (Å²) in [6.45, 7) is 0.218. The lowest BCUT2D eigenvalue weighted by Gasteiger charge is -2.08. The van der Waals surface area contributed by atoms with Crippen LogP contribution < -0.4 is 11.1 Å². The number of oxime groups is 1. The lowest BCUT2D eigenvalue weighted by molar-refractivity contribution is -0.112. The molecule has 0 aromatic carbocycles. The minimum absolute atomic E-state index is 0.176. The molecule has 118 valence electrons. The zero-order chi connectivity index (χ0) is 16.2. The van der Waals surface area contributed by atoms with E-state index in [2.05, 4.69) is 20.4 Å². The van der Waals surface area contributed by atoms with E-state index in [1.54, 1.807) is 11.6 Å². The number of nitrogens with two attached hydrogens (primary N) is 1. The van der Waals surface area contributed by atoms with Gasteiger partial charge in [0.05, 0.1) is 12.2 Å². The van der Waals surface area contributed by atoms with E-state index < -0.39 is 12.0 Å². The molecule has 0 saturated heterocycles. The second-order valence-corrected chi connectivity index (χ2v) is 5.65. The van der Waals surface area contributed by atoms with Crippen LogP contribution in [0.5, 0.6) is 0 Å². The average Bonchev–Trinajstić information content (AvgIpc) is 3.23. The fourth-order valence-electron chi connectivity index (χ4n) is 1.97. The molecule has 0 saturated carbocycles.